The summed E-state index contributed by atoms with van der Waals surface area (Å²) < 4.78 is 0. The summed E-state index contributed by atoms with van der Waals surface area (Å²) in [7, 11) is 1.52. The van der Waals surface area contributed by atoms with Gasteiger partial charge in [-0.15, -0.1) is 0 Å². The molecule has 0 aromatic heterocycles. The lowest BCUT2D eigenvalue weighted by Crippen LogP contribution is -2.19. The van der Waals surface area contributed by atoms with E-state index in [1.165, 1.54) is 7.05 Å². The van der Waals surface area contributed by atoms with Crippen LogP contribution in [0.1, 0.15) is 21.5 Å². The topological polar surface area (TPSA) is 96.0 Å². The van der Waals surface area contributed by atoms with Gasteiger partial charge in [-0.3, -0.25) is 9.59 Å². The van der Waals surface area contributed by atoms with Crippen molar-refractivity contribution in [3.63, 3.8) is 0 Å². The maximum atomic E-state index is 11.6. The number of hydrogen-bond donors (Lipinski definition) is 2. The van der Waals surface area contributed by atoms with Gasteiger partial charge in [0.25, 0.3) is 11.1 Å². The van der Waals surface area contributed by atoms with Crippen LogP contribution < -0.4 is 11.1 Å². The minimum Gasteiger partial charge on any atom is -0.361 e. The summed E-state index contributed by atoms with van der Waals surface area (Å²) in [5, 5.41) is 10.8. The number of nitrogens with two attached hydrogens (primary N) is 1. The highest BCUT2D eigenvalue weighted by atomic mass is 32.2. The SMILES string of the molecule is CNC(=O)c1ccc(C#N)cc1CSC(N)=O. The van der Waals surface area contributed by atoms with Crippen LogP contribution >= 0.6 is 11.8 Å². The van der Waals surface area contributed by atoms with Gasteiger partial charge in [-0.05, 0) is 23.8 Å². The Morgan fingerprint density at radius 2 is 2.24 bits per heavy atom. The van der Waals surface area contributed by atoms with Crippen molar-refractivity contribution in [3.8, 4) is 6.07 Å². The van der Waals surface area contributed by atoms with Gasteiger partial charge in [0.15, 0.2) is 0 Å². The van der Waals surface area contributed by atoms with Crippen molar-refractivity contribution in [3.05, 3.63) is 34.9 Å². The molecule has 5 nitrogen and oxygen atoms in total. The molecule has 0 aliphatic heterocycles. The lowest BCUT2D eigenvalue weighted by molar-refractivity contribution is 0.0962. The van der Waals surface area contributed by atoms with Gasteiger partial charge in [0, 0.05) is 18.4 Å². The van der Waals surface area contributed by atoms with Crippen LogP contribution in [0.3, 0.4) is 0 Å². The molecule has 88 valence electrons. The minimum absolute atomic E-state index is 0.255. The van der Waals surface area contributed by atoms with Crippen molar-refractivity contribution in [1.82, 2.24) is 5.32 Å². The second kappa shape index (κ2) is 5.92. The average Bonchev–Trinajstić information content (AvgIpc) is 2.34. The van der Waals surface area contributed by atoms with Crippen LogP contribution in [0.2, 0.25) is 0 Å². The van der Waals surface area contributed by atoms with Crippen molar-refractivity contribution >= 4 is 22.9 Å². The van der Waals surface area contributed by atoms with Gasteiger partial charge in [-0.1, -0.05) is 11.8 Å². The summed E-state index contributed by atoms with van der Waals surface area (Å²) >= 11 is 0.895. The number of amides is 2. The Balaban J connectivity index is 3.08. The zero-order valence-corrected chi connectivity index (χ0v) is 10.0. The van der Waals surface area contributed by atoms with E-state index in [-0.39, 0.29) is 11.7 Å². The molecule has 0 fully saturated rings. The zero-order chi connectivity index (χ0) is 12.8. The third-order valence-electron chi connectivity index (χ3n) is 2.08. The Hall–Kier alpha value is -2.00. The maximum absolute atomic E-state index is 11.6. The van der Waals surface area contributed by atoms with E-state index in [1.807, 2.05) is 6.07 Å². The van der Waals surface area contributed by atoms with Gasteiger partial charge < -0.3 is 11.1 Å². The van der Waals surface area contributed by atoms with Gasteiger partial charge >= 0.3 is 0 Å². The number of benzene rings is 1. The summed E-state index contributed by atoms with van der Waals surface area (Å²) in [6.45, 7) is 0. The van der Waals surface area contributed by atoms with Gasteiger partial charge in [0.05, 0.1) is 11.6 Å². The molecule has 6 heteroatoms. The summed E-state index contributed by atoms with van der Waals surface area (Å²) in [4.78, 5) is 22.3. The molecule has 0 bridgehead atoms. The van der Waals surface area contributed by atoms with E-state index < -0.39 is 5.24 Å². The Bertz CT molecular complexity index is 494. The number of nitrogens with one attached hydrogen (secondary N) is 1. The van der Waals surface area contributed by atoms with Gasteiger partial charge in [-0.25, -0.2) is 0 Å². The van der Waals surface area contributed by atoms with E-state index in [9.17, 15) is 9.59 Å². The van der Waals surface area contributed by atoms with E-state index in [2.05, 4.69) is 5.32 Å². The molecule has 0 saturated heterocycles. The molecule has 0 aliphatic rings. The normalized spacial score (nSPS) is 9.41. The molecule has 0 spiro atoms. The lowest BCUT2D eigenvalue weighted by atomic mass is 10.1. The van der Waals surface area contributed by atoms with Crippen molar-refractivity contribution in [2.45, 2.75) is 5.75 Å². The van der Waals surface area contributed by atoms with E-state index >= 15 is 0 Å². The Labute approximate surface area is 103 Å². The van der Waals surface area contributed by atoms with Crippen LogP contribution in [-0.4, -0.2) is 18.2 Å². The quantitative estimate of drug-likeness (QED) is 0.842. The summed E-state index contributed by atoms with van der Waals surface area (Å²) in [5.41, 5.74) is 6.53. The maximum Gasteiger partial charge on any atom is 0.276 e. The summed E-state index contributed by atoms with van der Waals surface area (Å²) in [6, 6.07) is 6.69. The van der Waals surface area contributed by atoms with E-state index in [4.69, 9.17) is 11.0 Å². The highest BCUT2D eigenvalue weighted by Gasteiger charge is 2.11. The van der Waals surface area contributed by atoms with Crippen molar-refractivity contribution < 1.29 is 9.59 Å². The van der Waals surface area contributed by atoms with Gasteiger partial charge in [-0.2, -0.15) is 5.26 Å². The number of thioether (sulfide) groups is 1. The third-order valence-corrected chi connectivity index (χ3v) is 2.82. The fourth-order valence-corrected chi connectivity index (χ4v) is 1.82. The summed E-state index contributed by atoms with van der Waals surface area (Å²) in [6.07, 6.45) is 0. The lowest BCUT2D eigenvalue weighted by Gasteiger charge is -2.07. The number of nitrogens with zero attached hydrogens (tertiary/aromatic N) is 1. The smallest absolute Gasteiger partial charge is 0.276 e. The van der Waals surface area contributed by atoms with Crippen LogP contribution in [0.4, 0.5) is 4.79 Å². The Morgan fingerprint density at radius 3 is 2.76 bits per heavy atom. The molecule has 1 aromatic carbocycles. The van der Waals surface area contributed by atoms with Crippen LogP contribution in [0.25, 0.3) is 0 Å². The number of hydrogen-bond acceptors (Lipinski definition) is 4. The molecule has 1 aromatic rings. The van der Waals surface area contributed by atoms with Gasteiger partial charge in [0.2, 0.25) is 0 Å². The Morgan fingerprint density at radius 1 is 1.53 bits per heavy atom. The molecule has 0 atom stereocenters. The van der Waals surface area contributed by atoms with Crippen LogP contribution in [0.15, 0.2) is 18.2 Å². The fourth-order valence-electron chi connectivity index (χ4n) is 1.29. The second-order valence-corrected chi connectivity index (χ2v) is 4.15. The van der Waals surface area contributed by atoms with E-state index in [1.54, 1.807) is 18.2 Å². The van der Waals surface area contributed by atoms with Crippen molar-refractivity contribution in [2.75, 3.05) is 7.05 Å². The minimum atomic E-state index is -0.518. The van der Waals surface area contributed by atoms with Crippen LogP contribution in [0.5, 0.6) is 0 Å². The number of carbonyl (C=O) groups is 2. The molecule has 2 amide bonds. The number of primary amides is 1. The molecule has 0 unspecified atom stereocenters. The fraction of sp³-hybridized carbons (Fsp3) is 0.182. The first-order valence-electron chi connectivity index (χ1n) is 4.75. The molecule has 1 rings (SSSR count). The van der Waals surface area contributed by atoms with Crippen molar-refractivity contribution in [1.29, 1.82) is 5.26 Å². The number of nitriles is 1. The largest absolute Gasteiger partial charge is 0.361 e. The Kier molecular flexibility index (Phi) is 4.55. The van der Waals surface area contributed by atoms with Crippen LogP contribution in [-0.2, 0) is 5.75 Å². The van der Waals surface area contributed by atoms with Gasteiger partial charge in [0.1, 0.15) is 0 Å². The molecule has 0 aliphatic carbocycles. The number of rotatable bonds is 3. The highest BCUT2D eigenvalue weighted by molar-refractivity contribution is 8.12. The molecular weight excluding hydrogens is 238 g/mol. The van der Waals surface area contributed by atoms with E-state index in [0.29, 0.717) is 16.7 Å². The first-order chi connectivity index (χ1) is 8.08. The average molecular weight is 249 g/mol. The first-order valence-corrected chi connectivity index (χ1v) is 5.74. The first kappa shape index (κ1) is 13.1. The highest BCUT2D eigenvalue weighted by Crippen LogP contribution is 2.18. The molecule has 3 N–H and O–H groups in total. The zero-order valence-electron chi connectivity index (χ0n) is 9.19. The van der Waals surface area contributed by atoms with Crippen molar-refractivity contribution in [2.24, 2.45) is 5.73 Å². The number of carbonyl (C=O) groups excluding carboxylic acids is 2. The monoisotopic (exact) mass is 249 g/mol. The summed E-state index contributed by atoms with van der Waals surface area (Å²) in [5.74, 6) is 0.0164. The molecule has 0 saturated carbocycles. The molecule has 0 heterocycles. The predicted octanol–water partition coefficient (Wildman–Crippen LogP) is 1.23. The third kappa shape index (κ3) is 3.50. The standard InChI is InChI=1S/C11H11N3O2S/c1-14-10(15)9-3-2-7(5-12)4-8(9)6-17-11(13)16/h2-4H,6H2,1H3,(H2,13,16)(H,14,15). The second-order valence-electron chi connectivity index (χ2n) is 3.17. The van der Waals surface area contributed by atoms with Crippen LogP contribution in [0, 0.1) is 11.3 Å². The van der Waals surface area contributed by atoms with E-state index in [0.717, 1.165) is 11.8 Å². The molecule has 17 heavy (non-hydrogen) atoms. The molecular formula is C11H11N3O2S. The predicted molar refractivity (Wildman–Crippen MR) is 65.4 cm³/mol. The molecule has 0 radical (unpaired) electrons.